The van der Waals surface area contributed by atoms with Gasteiger partial charge in [-0.15, -0.1) is 0 Å². The first kappa shape index (κ1) is 15.3. The monoisotopic (exact) mass is 198 g/mol. The van der Waals surface area contributed by atoms with E-state index < -0.39 is 0 Å². The molecule has 14 heavy (non-hydrogen) atoms. The van der Waals surface area contributed by atoms with Gasteiger partial charge in [0.25, 0.3) is 0 Å². The predicted octanol–water partition coefficient (Wildman–Crippen LogP) is 3.76. The molecule has 1 aromatic rings. The van der Waals surface area contributed by atoms with Crippen molar-refractivity contribution in [3.05, 3.63) is 24.3 Å². The molecule has 0 fully saturated rings. The fraction of sp³-hybridized carbons (Fsp3) is 0.500. The highest BCUT2D eigenvalue weighted by atomic mass is 16.5. The van der Waals surface area contributed by atoms with Gasteiger partial charge in [-0.05, 0) is 12.1 Å². The van der Waals surface area contributed by atoms with Crippen LogP contribution in [0, 0.1) is 0 Å². The van der Waals surface area contributed by atoms with Crippen molar-refractivity contribution in [3.63, 3.8) is 0 Å². The van der Waals surface area contributed by atoms with E-state index in [0.717, 1.165) is 11.5 Å². The van der Waals surface area contributed by atoms with Crippen LogP contribution in [0.2, 0.25) is 0 Å². The van der Waals surface area contributed by atoms with Gasteiger partial charge < -0.3 is 9.47 Å². The molecule has 0 aliphatic carbocycles. The summed E-state index contributed by atoms with van der Waals surface area (Å²) in [4.78, 5) is 0. The summed E-state index contributed by atoms with van der Waals surface area (Å²) in [6.45, 7) is 8.00. The Kier molecular flexibility index (Phi) is 12.9. The standard InChI is InChI=1S/C8H10O2.2C2H6/c1-9-7-5-3-4-6-8(7)10-2;2*1-2/h3-6H,1-2H3;2*1-2H3. The molecule has 0 radical (unpaired) electrons. The number of methoxy groups -OCH3 is 2. The highest BCUT2D eigenvalue weighted by Crippen LogP contribution is 2.24. The molecule has 0 heterocycles. The highest BCUT2D eigenvalue weighted by molar-refractivity contribution is 5.38. The molecule has 0 N–H and O–H groups in total. The zero-order chi connectivity index (χ0) is 11.4. The first-order chi connectivity index (χ1) is 6.88. The minimum atomic E-state index is 0.769. The van der Waals surface area contributed by atoms with Gasteiger partial charge in [0, 0.05) is 0 Å². The molecule has 0 spiro atoms. The minimum Gasteiger partial charge on any atom is -0.493 e. The van der Waals surface area contributed by atoms with Crippen molar-refractivity contribution in [1.82, 2.24) is 0 Å². The lowest BCUT2D eigenvalue weighted by molar-refractivity contribution is 0.355. The second-order valence-corrected chi connectivity index (χ2v) is 1.85. The summed E-state index contributed by atoms with van der Waals surface area (Å²) >= 11 is 0. The Balaban J connectivity index is 0. The van der Waals surface area contributed by atoms with Gasteiger partial charge in [0.2, 0.25) is 0 Å². The number of hydrogen-bond acceptors (Lipinski definition) is 2. The van der Waals surface area contributed by atoms with Gasteiger partial charge in [-0.3, -0.25) is 0 Å². The highest BCUT2D eigenvalue weighted by Gasteiger charge is 1.97. The molecule has 0 amide bonds. The van der Waals surface area contributed by atoms with Gasteiger partial charge in [-0.1, -0.05) is 39.8 Å². The Bertz CT molecular complexity index is 186. The molecule has 0 saturated carbocycles. The molecular weight excluding hydrogens is 176 g/mol. The fourth-order valence-corrected chi connectivity index (χ4v) is 0.787. The van der Waals surface area contributed by atoms with Gasteiger partial charge in [0.15, 0.2) is 11.5 Å². The summed E-state index contributed by atoms with van der Waals surface area (Å²) in [5.74, 6) is 1.54. The van der Waals surface area contributed by atoms with Crippen molar-refractivity contribution in [2.45, 2.75) is 27.7 Å². The predicted molar refractivity (Wildman–Crippen MR) is 62.2 cm³/mol. The van der Waals surface area contributed by atoms with Crippen LogP contribution in [0.4, 0.5) is 0 Å². The molecule has 0 aromatic heterocycles. The van der Waals surface area contributed by atoms with E-state index in [0.29, 0.717) is 0 Å². The number of para-hydroxylation sites is 2. The molecule has 0 aliphatic rings. The summed E-state index contributed by atoms with van der Waals surface area (Å²) in [5.41, 5.74) is 0. The van der Waals surface area contributed by atoms with Crippen molar-refractivity contribution in [3.8, 4) is 11.5 Å². The van der Waals surface area contributed by atoms with Gasteiger partial charge in [0.05, 0.1) is 14.2 Å². The van der Waals surface area contributed by atoms with Crippen molar-refractivity contribution in [1.29, 1.82) is 0 Å². The van der Waals surface area contributed by atoms with Gasteiger partial charge in [-0.2, -0.15) is 0 Å². The molecule has 1 aromatic carbocycles. The number of rotatable bonds is 2. The third-order valence-electron chi connectivity index (χ3n) is 1.29. The maximum Gasteiger partial charge on any atom is 0.160 e. The second kappa shape index (κ2) is 11.8. The third-order valence-corrected chi connectivity index (χ3v) is 1.29. The summed E-state index contributed by atoms with van der Waals surface area (Å²) in [6, 6.07) is 7.53. The van der Waals surface area contributed by atoms with E-state index in [-0.39, 0.29) is 0 Å². The molecule has 2 nitrogen and oxygen atoms in total. The average molecular weight is 198 g/mol. The molecule has 2 heteroatoms. The zero-order valence-corrected chi connectivity index (χ0v) is 10.1. The molecular formula is C12H22O2. The van der Waals surface area contributed by atoms with E-state index in [1.54, 1.807) is 14.2 Å². The Morgan fingerprint density at radius 1 is 0.714 bits per heavy atom. The van der Waals surface area contributed by atoms with Crippen molar-refractivity contribution in [2.24, 2.45) is 0 Å². The Labute approximate surface area is 87.9 Å². The van der Waals surface area contributed by atoms with E-state index in [2.05, 4.69) is 0 Å². The lowest BCUT2D eigenvalue weighted by atomic mass is 10.3. The summed E-state index contributed by atoms with van der Waals surface area (Å²) < 4.78 is 10.0. The first-order valence-electron chi connectivity index (χ1n) is 5.05. The van der Waals surface area contributed by atoms with E-state index in [9.17, 15) is 0 Å². The van der Waals surface area contributed by atoms with Crippen LogP contribution in [0.3, 0.4) is 0 Å². The van der Waals surface area contributed by atoms with Gasteiger partial charge in [0.1, 0.15) is 0 Å². The van der Waals surface area contributed by atoms with E-state index in [4.69, 9.17) is 9.47 Å². The average Bonchev–Trinajstić information content (AvgIpc) is 2.34. The van der Waals surface area contributed by atoms with Crippen LogP contribution < -0.4 is 9.47 Å². The zero-order valence-electron chi connectivity index (χ0n) is 10.1. The molecule has 0 bridgehead atoms. The quantitative estimate of drug-likeness (QED) is 0.720. The maximum atomic E-state index is 5.01. The maximum absolute atomic E-state index is 5.01. The molecule has 0 atom stereocenters. The molecule has 0 aliphatic heterocycles. The minimum absolute atomic E-state index is 0.769. The van der Waals surface area contributed by atoms with Crippen LogP contribution in [0.1, 0.15) is 27.7 Å². The van der Waals surface area contributed by atoms with E-state index >= 15 is 0 Å². The normalized spacial score (nSPS) is 7.29. The molecule has 0 saturated heterocycles. The summed E-state index contributed by atoms with van der Waals surface area (Å²) in [5, 5.41) is 0. The van der Waals surface area contributed by atoms with E-state index in [1.807, 2.05) is 52.0 Å². The van der Waals surface area contributed by atoms with E-state index in [1.165, 1.54) is 0 Å². The fourth-order valence-electron chi connectivity index (χ4n) is 0.787. The smallest absolute Gasteiger partial charge is 0.160 e. The first-order valence-corrected chi connectivity index (χ1v) is 5.05. The van der Waals surface area contributed by atoms with Gasteiger partial charge in [-0.25, -0.2) is 0 Å². The SMILES string of the molecule is CC.CC.COc1ccccc1OC. The van der Waals surface area contributed by atoms with Crippen LogP contribution in [-0.2, 0) is 0 Å². The Morgan fingerprint density at radius 3 is 1.21 bits per heavy atom. The summed E-state index contributed by atoms with van der Waals surface area (Å²) in [6.07, 6.45) is 0. The van der Waals surface area contributed by atoms with Crippen LogP contribution in [0.25, 0.3) is 0 Å². The topological polar surface area (TPSA) is 18.5 Å². The molecule has 1 rings (SSSR count). The van der Waals surface area contributed by atoms with Crippen molar-refractivity contribution < 1.29 is 9.47 Å². The second-order valence-electron chi connectivity index (χ2n) is 1.85. The number of ether oxygens (including phenoxy) is 2. The molecule has 0 unspecified atom stereocenters. The lowest BCUT2D eigenvalue weighted by Gasteiger charge is -2.04. The third kappa shape index (κ3) is 5.46. The largest absolute Gasteiger partial charge is 0.493 e. The van der Waals surface area contributed by atoms with Crippen LogP contribution in [0.5, 0.6) is 11.5 Å². The van der Waals surface area contributed by atoms with Crippen LogP contribution in [0.15, 0.2) is 24.3 Å². The molecule has 82 valence electrons. The number of hydrogen-bond donors (Lipinski definition) is 0. The Hall–Kier alpha value is -1.18. The van der Waals surface area contributed by atoms with Crippen LogP contribution in [-0.4, -0.2) is 14.2 Å². The number of benzene rings is 1. The summed E-state index contributed by atoms with van der Waals surface area (Å²) in [7, 11) is 3.25. The van der Waals surface area contributed by atoms with Crippen molar-refractivity contribution >= 4 is 0 Å². The lowest BCUT2D eigenvalue weighted by Crippen LogP contribution is -1.88. The van der Waals surface area contributed by atoms with Crippen molar-refractivity contribution in [2.75, 3.05) is 14.2 Å². The van der Waals surface area contributed by atoms with Gasteiger partial charge >= 0.3 is 0 Å². The van der Waals surface area contributed by atoms with Crippen LogP contribution >= 0.6 is 0 Å². The Morgan fingerprint density at radius 2 is 1.00 bits per heavy atom.